The van der Waals surface area contributed by atoms with E-state index in [-0.39, 0.29) is 47.3 Å². The number of allylic oxidation sites excluding steroid dienone is 1. The van der Waals surface area contributed by atoms with Crippen LogP contribution in [0.1, 0.15) is 87.0 Å². The molecule has 2 bridgehead atoms. The van der Waals surface area contributed by atoms with Gasteiger partial charge in [-0.15, -0.1) is 0 Å². The van der Waals surface area contributed by atoms with Crippen molar-refractivity contribution in [1.29, 1.82) is 0 Å². The summed E-state index contributed by atoms with van der Waals surface area (Å²) in [7, 11) is 0. The monoisotopic (exact) mass is 474 g/mol. The molecule has 34 heavy (non-hydrogen) atoms. The predicted molar refractivity (Wildman–Crippen MR) is 133 cm³/mol. The number of rotatable bonds is 5. The van der Waals surface area contributed by atoms with Gasteiger partial charge in [0.25, 0.3) is 0 Å². The summed E-state index contributed by atoms with van der Waals surface area (Å²) in [5, 5.41) is 22.8. The van der Waals surface area contributed by atoms with Gasteiger partial charge in [0.15, 0.2) is 5.79 Å². The zero-order valence-corrected chi connectivity index (χ0v) is 22.3. The van der Waals surface area contributed by atoms with Gasteiger partial charge < -0.3 is 19.7 Å². The number of aliphatic hydroxyl groups excluding tert-OH is 1. The van der Waals surface area contributed by atoms with E-state index in [1.807, 2.05) is 13.8 Å². The summed E-state index contributed by atoms with van der Waals surface area (Å²) in [6, 6.07) is 0. The second-order valence-corrected chi connectivity index (χ2v) is 12.9. The first-order valence-electron chi connectivity index (χ1n) is 13.3. The molecule has 0 unspecified atom stereocenters. The molecule has 4 rings (SSSR count). The van der Waals surface area contributed by atoms with Crippen LogP contribution in [-0.2, 0) is 14.3 Å². The highest BCUT2D eigenvalue weighted by atomic mass is 16.6. The molecule has 9 atom stereocenters. The Hall–Kier alpha value is -1.17. The van der Waals surface area contributed by atoms with Gasteiger partial charge in [-0.25, -0.2) is 0 Å². The Balaban J connectivity index is 1.98. The lowest BCUT2D eigenvalue weighted by molar-refractivity contribution is -0.312. The summed E-state index contributed by atoms with van der Waals surface area (Å²) >= 11 is 0. The number of ether oxygens (including phenoxy) is 2. The molecule has 0 saturated heterocycles. The van der Waals surface area contributed by atoms with E-state index in [9.17, 15) is 15.0 Å². The maximum Gasteiger partial charge on any atom is 0.305 e. The third kappa shape index (κ3) is 3.40. The first-order chi connectivity index (χ1) is 15.6. The van der Waals surface area contributed by atoms with Gasteiger partial charge in [0, 0.05) is 23.2 Å². The van der Waals surface area contributed by atoms with E-state index < -0.39 is 22.7 Å². The normalized spacial score (nSPS) is 44.3. The van der Waals surface area contributed by atoms with Crippen LogP contribution in [0, 0.1) is 39.9 Å². The van der Waals surface area contributed by atoms with Crippen molar-refractivity contribution in [3.8, 4) is 0 Å². The molecule has 1 spiro atoms. The van der Waals surface area contributed by atoms with E-state index in [0.29, 0.717) is 12.8 Å². The van der Waals surface area contributed by atoms with Crippen LogP contribution in [0.25, 0.3) is 0 Å². The molecule has 0 amide bonds. The van der Waals surface area contributed by atoms with Crippen molar-refractivity contribution in [2.75, 3.05) is 0 Å². The molecule has 0 aliphatic heterocycles. The number of fused-ring (bicyclic) bond motifs is 3. The van der Waals surface area contributed by atoms with Gasteiger partial charge in [0.05, 0.1) is 12.2 Å². The summed E-state index contributed by atoms with van der Waals surface area (Å²) in [4.78, 5) is 12.6. The summed E-state index contributed by atoms with van der Waals surface area (Å²) in [5.74, 6) is -1.22. The summed E-state index contributed by atoms with van der Waals surface area (Å²) in [6.07, 6.45) is 3.49. The standard InChI is InChI=1S/C29H46O5/c1-10-24(31)33-19(5)28-13-11-12-26(6,7)22(28)15-23(34-27(8,9)32)29-17(3)16(2)20(18(29)4)14-21(30)25(28)29/h18-23,25,30,32H,2-3,10-15H2,1,4-9H3/t18-,19+,20+,21+,22-,23-,25+,28+,29-/m1/s1. The number of aliphatic hydroxyl groups is 2. The quantitative estimate of drug-likeness (QED) is 0.412. The average Bonchev–Trinajstić information content (AvgIpc) is 2.84. The van der Waals surface area contributed by atoms with E-state index in [4.69, 9.17) is 9.47 Å². The van der Waals surface area contributed by atoms with E-state index in [1.54, 1.807) is 13.8 Å². The Morgan fingerprint density at radius 2 is 1.88 bits per heavy atom. The first kappa shape index (κ1) is 25.9. The Labute approximate surface area is 206 Å². The SMILES string of the molecule is C=C1C(=C)[C@]23[C@H](C)[C@H]1C[C@H](O)[C@H]2[C@]1([C@H](C)OC(=O)CC)CCCC(C)(C)[C@H]1C[C@H]3OC(C)(C)O. The highest BCUT2D eigenvalue weighted by Gasteiger charge is 2.75. The van der Waals surface area contributed by atoms with Crippen LogP contribution >= 0.6 is 0 Å². The lowest BCUT2D eigenvalue weighted by Gasteiger charge is -2.70. The number of hydrogen-bond donors (Lipinski definition) is 2. The topological polar surface area (TPSA) is 76.0 Å². The molecule has 0 aromatic carbocycles. The van der Waals surface area contributed by atoms with Crippen LogP contribution in [-0.4, -0.2) is 40.3 Å². The molecule has 0 radical (unpaired) electrons. The Morgan fingerprint density at radius 3 is 2.47 bits per heavy atom. The lowest BCUT2D eigenvalue weighted by Crippen LogP contribution is -2.71. The summed E-state index contributed by atoms with van der Waals surface area (Å²) < 4.78 is 12.6. The van der Waals surface area contributed by atoms with Gasteiger partial charge in [-0.3, -0.25) is 4.79 Å². The molecule has 5 heteroatoms. The number of hydrogen-bond acceptors (Lipinski definition) is 5. The van der Waals surface area contributed by atoms with E-state index in [0.717, 1.165) is 36.8 Å². The van der Waals surface area contributed by atoms with Gasteiger partial charge in [-0.2, -0.15) is 0 Å². The van der Waals surface area contributed by atoms with Crippen molar-refractivity contribution < 1.29 is 24.5 Å². The molecule has 4 fully saturated rings. The smallest absolute Gasteiger partial charge is 0.305 e. The van der Waals surface area contributed by atoms with Crippen molar-refractivity contribution >= 4 is 5.97 Å². The van der Waals surface area contributed by atoms with Crippen molar-refractivity contribution in [3.63, 3.8) is 0 Å². The van der Waals surface area contributed by atoms with Crippen LogP contribution in [0.2, 0.25) is 0 Å². The second kappa shape index (κ2) is 8.18. The average molecular weight is 475 g/mol. The molecule has 0 aromatic rings. The molecular weight excluding hydrogens is 428 g/mol. The van der Waals surface area contributed by atoms with Crippen LogP contribution in [0.3, 0.4) is 0 Å². The second-order valence-electron chi connectivity index (χ2n) is 12.9. The zero-order chi connectivity index (χ0) is 25.4. The van der Waals surface area contributed by atoms with Crippen molar-refractivity contribution in [1.82, 2.24) is 0 Å². The van der Waals surface area contributed by atoms with Gasteiger partial charge >= 0.3 is 5.97 Å². The third-order valence-corrected chi connectivity index (χ3v) is 10.5. The fraction of sp³-hybridized carbons (Fsp3) is 0.828. The molecule has 0 heterocycles. The van der Waals surface area contributed by atoms with Crippen LogP contribution in [0.4, 0.5) is 0 Å². The largest absolute Gasteiger partial charge is 0.462 e. The fourth-order valence-corrected chi connectivity index (χ4v) is 9.30. The minimum atomic E-state index is -1.31. The molecular formula is C29H46O5. The van der Waals surface area contributed by atoms with Crippen LogP contribution in [0.15, 0.2) is 24.3 Å². The van der Waals surface area contributed by atoms with Gasteiger partial charge in [0.1, 0.15) is 6.10 Å². The maximum atomic E-state index is 12.6. The molecule has 0 aromatic heterocycles. The van der Waals surface area contributed by atoms with E-state index in [1.165, 1.54) is 0 Å². The summed E-state index contributed by atoms with van der Waals surface area (Å²) in [6.45, 7) is 23.1. The Kier molecular flexibility index (Phi) is 6.23. The van der Waals surface area contributed by atoms with E-state index >= 15 is 0 Å². The first-order valence-corrected chi connectivity index (χ1v) is 13.3. The lowest BCUT2D eigenvalue weighted by atomic mass is 9.36. The summed E-state index contributed by atoms with van der Waals surface area (Å²) in [5.41, 5.74) is 0.996. The van der Waals surface area contributed by atoms with Gasteiger partial charge in [-0.1, -0.05) is 47.3 Å². The minimum Gasteiger partial charge on any atom is -0.462 e. The Bertz CT molecular complexity index is 868. The van der Waals surface area contributed by atoms with Crippen molar-refractivity contribution in [2.24, 2.45) is 39.9 Å². The van der Waals surface area contributed by atoms with Crippen molar-refractivity contribution in [2.45, 2.75) is 111 Å². The van der Waals surface area contributed by atoms with Crippen molar-refractivity contribution in [3.05, 3.63) is 24.3 Å². The Morgan fingerprint density at radius 1 is 1.24 bits per heavy atom. The fourth-order valence-electron chi connectivity index (χ4n) is 9.30. The molecule has 4 aliphatic carbocycles. The predicted octanol–water partition coefficient (Wildman–Crippen LogP) is 5.40. The molecule has 2 N–H and O–H groups in total. The van der Waals surface area contributed by atoms with Crippen LogP contribution in [0.5, 0.6) is 0 Å². The van der Waals surface area contributed by atoms with E-state index in [2.05, 4.69) is 33.9 Å². The van der Waals surface area contributed by atoms with Gasteiger partial charge in [-0.05, 0) is 80.8 Å². The molecule has 5 nitrogen and oxygen atoms in total. The van der Waals surface area contributed by atoms with Crippen LogP contribution < -0.4 is 0 Å². The number of carbonyl (C=O) groups excluding carboxylic acids is 1. The highest BCUT2D eigenvalue weighted by molar-refractivity contribution is 5.69. The third-order valence-electron chi connectivity index (χ3n) is 10.5. The van der Waals surface area contributed by atoms with Gasteiger partial charge in [0.2, 0.25) is 0 Å². The maximum absolute atomic E-state index is 12.6. The minimum absolute atomic E-state index is 0.0231. The molecule has 192 valence electrons. The zero-order valence-electron chi connectivity index (χ0n) is 22.3. The molecule has 4 saturated carbocycles. The highest BCUT2D eigenvalue weighted by Crippen LogP contribution is 2.76. The number of esters is 1. The number of carbonyl (C=O) groups is 1. The molecule has 4 aliphatic rings.